The molecule has 0 spiro atoms. The Labute approximate surface area is 105 Å². The van der Waals surface area contributed by atoms with E-state index < -0.39 is 6.04 Å². The predicted octanol–water partition coefficient (Wildman–Crippen LogP) is 0.0507. The normalized spacial score (nSPS) is 18.9. The second kappa shape index (κ2) is 5.03. The molecule has 1 aromatic heterocycles. The molecule has 1 aromatic rings. The smallest absolute Gasteiger partial charge is 0.252 e. The number of nitrogens with zero attached hydrogens (tertiary/aromatic N) is 2. The van der Waals surface area contributed by atoms with Crippen molar-refractivity contribution in [3.8, 4) is 5.88 Å². The average molecular weight is 249 g/mol. The van der Waals surface area contributed by atoms with Gasteiger partial charge in [0.15, 0.2) is 0 Å². The maximum absolute atomic E-state index is 12.0. The van der Waals surface area contributed by atoms with Crippen LogP contribution in [0.2, 0.25) is 0 Å². The molecule has 0 aromatic carbocycles. The number of nitrogens with one attached hydrogen (secondary N) is 1. The monoisotopic (exact) mass is 249 g/mol. The van der Waals surface area contributed by atoms with Gasteiger partial charge < -0.3 is 15.0 Å². The largest absolute Gasteiger partial charge is 0.481 e. The maximum Gasteiger partial charge on any atom is 0.252 e. The minimum Gasteiger partial charge on any atom is -0.481 e. The molecule has 1 atom stereocenters. The van der Waals surface area contributed by atoms with E-state index in [0.717, 1.165) is 0 Å². The number of ether oxygens (including phenoxy) is 1. The molecule has 2 rings (SSSR count). The van der Waals surface area contributed by atoms with Gasteiger partial charge in [-0.05, 0) is 12.5 Å². The summed E-state index contributed by atoms with van der Waals surface area (Å²) in [6, 6.07) is 2.70. The van der Waals surface area contributed by atoms with Crippen molar-refractivity contribution in [3.63, 3.8) is 0 Å². The molecular weight excluding hydrogens is 234 g/mol. The van der Waals surface area contributed by atoms with Crippen molar-refractivity contribution < 1.29 is 14.3 Å². The van der Waals surface area contributed by atoms with E-state index in [-0.39, 0.29) is 11.8 Å². The Balaban J connectivity index is 2.05. The highest BCUT2D eigenvalue weighted by Crippen LogP contribution is 2.12. The van der Waals surface area contributed by atoms with Gasteiger partial charge >= 0.3 is 0 Å². The van der Waals surface area contributed by atoms with E-state index >= 15 is 0 Å². The number of rotatable bonds is 3. The lowest BCUT2D eigenvalue weighted by Crippen LogP contribution is -2.40. The first-order valence-electron chi connectivity index (χ1n) is 5.67. The fourth-order valence-electron chi connectivity index (χ4n) is 1.86. The van der Waals surface area contributed by atoms with Gasteiger partial charge in [-0.2, -0.15) is 0 Å². The lowest BCUT2D eigenvalue weighted by Gasteiger charge is -2.12. The number of likely N-dealkylation sites (N-methyl/N-ethyl adjacent to an activating group) is 1. The second-order valence-electron chi connectivity index (χ2n) is 4.16. The molecule has 1 aliphatic heterocycles. The van der Waals surface area contributed by atoms with Gasteiger partial charge in [-0.3, -0.25) is 9.59 Å². The first-order valence-corrected chi connectivity index (χ1v) is 5.67. The molecule has 0 bridgehead atoms. The first-order chi connectivity index (χ1) is 8.61. The molecule has 1 N–H and O–H groups in total. The number of likely N-dealkylation sites (tertiary alicyclic amines) is 1. The summed E-state index contributed by atoms with van der Waals surface area (Å²) in [5.74, 6) is 0.0336. The third kappa shape index (κ3) is 2.42. The van der Waals surface area contributed by atoms with Crippen molar-refractivity contribution in [1.82, 2.24) is 15.2 Å². The Morgan fingerprint density at radius 3 is 3.00 bits per heavy atom. The minimum atomic E-state index is -0.429. The molecular formula is C12H15N3O3. The van der Waals surface area contributed by atoms with E-state index in [0.29, 0.717) is 24.4 Å². The van der Waals surface area contributed by atoms with Gasteiger partial charge in [0.25, 0.3) is 5.91 Å². The highest BCUT2D eigenvalue weighted by atomic mass is 16.5. The third-order valence-corrected chi connectivity index (χ3v) is 2.94. The van der Waals surface area contributed by atoms with Crippen molar-refractivity contribution in [2.45, 2.75) is 12.5 Å². The summed E-state index contributed by atoms with van der Waals surface area (Å²) in [5.41, 5.74) is 0.434. The molecule has 6 heteroatoms. The summed E-state index contributed by atoms with van der Waals surface area (Å²) in [7, 11) is 3.21. The van der Waals surface area contributed by atoms with E-state index in [4.69, 9.17) is 4.74 Å². The van der Waals surface area contributed by atoms with Crippen LogP contribution in [0, 0.1) is 0 Å². The van der Waals surface area contributed by atoms with E-state index in [2.05, 4.69) is 10.3 Å². The number of hydrogen-bond donors (Lipinski definition) is 1. The van der Waals surface area contributed by atoms with Gasteiger partial charge in [0.05, 0.1) is 7.11 Å². The number of pyridine rings is 1. The second-order valence-corrected chi connectivity index (χ2v) is 4.16. The molecule has 1 fully saturated rings. The summed E-state index contributed by atoms with van der Waals surface area (Å²) in [6.45, 7) is 0.670. The quantitative estimate of drug-likeness (QED) is 0.821. The summed E-state index contributed by atoms with van der Waals surface area (Å²) < 4.78 is 4.95. The molecule has 1 unspecified atom stereocenters. The van der Waals surface area contributed by atoms with Crippen LogP contribution in [0.5, 0.6) is 5.88 Å². The van der Waals surface area contributed by atoms with Crippen molar-refractivity contribution in [2.75, 3.05) is 20.7 Å². The fourth-order valence-corrected chi connectivity index (χ4v) is 1.86. The number of hydrogen-bond acceptors (Lipinski definition) is 4. The van der Waals surface area contributed by atoms with E-state index in [1.807, 2.05) is 0 Å². The highest BCUT2D eigenvalue weighted by Gasteiger charge is 2.30. The molecule has 96 valence electrons. The van der Waals surface area contributed by atoms with Crippen molar-refractivity contribution in [1.29, 1.82) is 0 Å². The topological polar surface area (TPSA) is 71.5 Å². The van der Waals surface area contributed by atoms with Gasteiger partial charge in [-0.1, -0.05) is 0 Å². The van der Waals surface area contributed by atoms with E-state index in [9.17, 15) is 9.59 Å². The van der Waals surface area contributed by atoms with Crippen LogP contribution in [-0.4, -0.2) is 48.4 Å². The molecule has 18 heavy (non-hydrogen) atoms. The van der Waals surface area contributed by atoms with Crippen LogP contribution < -0.4 is 10.1 Å². The maximum atomic E-state index is 12.0. The Morgan fingerprint density at radius 1 is 1.61 bits per heavy atom. The number of carbonyl (C=O) groups is 2. The van der Waals surface area contributed by atoms with Gasteiger partial charge in [-0.25, -0.2) is 4.98 Å². The van der Waals surface area contributed by atoms with Crippen LogP contribution in [0.25, 0.3) is 0 Å². The fraction of sp³-hybridized carbons (Fsp3) is 0.417. The molecule has 2 heterocycles. The van der Waals surface area contributed by atoms with Gasteiger partial charge in [-0.15, -0.1) is 0 Å². The average Bonchev–Trinajstić information content (AvgIpc) is 2.71. The number of amides is 2. The first kappa shape index (κ1) is 12.3. The summed E-state index contributed by atoms with van der Waals surface area (Å²) in [6.07, 6.45) is 2.14. The van der Waals surface area contributed by atoms with Crippen LogP contribution in [0.15, 0.2) is 18.3 Å². The number of methoxy groups -OCH3 is 1. The zero-order chi connectivity index (χ0) is 13.1. The van der Waals surface area contributed by atoms with E-state index in [1.54, 1.807) is 24.1 Å². The standard InChI is InChI=1S/C12H15N3O3/c1-15-6-4-9(12(15)17)14-11(16)8-3-5-13-10(7-8)18-2/h3,5,7,9H,4,6H2,1-2H3,(H,14,16). The lowest BCUT2D eigenvalue weighted by atomic mass is 10.2. The van der Waals surface area contributed by atoms with Gasteiger partial charge in [0.2, 0.25) is 11.8 Å². The Bertz CT molecular complexity index is 475. The Kier molecular flexibility index (Phi) is 3.45. The highest BCUT2D eigenvalue weighted by molar-refractivity contribution is 5.98. The lowest BCUT2D eigenvalue weighted by molar-refractivity contribution is -0.128. The molecule has 6 nitrogen and oxygen atoms in total. The van der Waals surface area contributed by atoms with Crippen LogP contribution in [0.4, 0.5) is 0 Å². The summed E-state index contributed by atoms with van der Waals surface area (Å²) in [4.78, 5) is 29.2. The number of aromatic nitrogens is 1. The minimum absolute atomic E-state index is 0.0515. The number of carbonyl (C=O) groups excluding carboxylic acids is 2. The van der Waals surface area contributed by atoms with Crippen molar-refractivity contribution >= 4 is 11.8 Å². The van der Waals surface area contributed by atoms with Gasteiger partial charge in [0, 0.05) is 31.4 Å². The Hall–Kier alpha value is -2.11. The third-order valence-electron chi connectivity index (χ3n) is 2.94. The molecule has 0 radical (unpaired) electrons. The van der Waals surface area contributed by atoms with Crippen molar-refractivity contribution in [2.24, 2.45) is 0 Å². The molecule has 0 saturated carbocycles. The van der Waals surface area contributed by atoms with Crippen molar-refractivity contribution in [3.05, 3.63) is 23.9 Å². The van der Waals surface area contributed by atoms with Crippen LogP contribution in [0.1, 0.15) is 16.8 Å². The van der Waals surface area contributed by atoms with Crippen LogP contribution in [0.3, 0.4) is 0 Å². The van der Waals surface area contributed by atoms with Crippen LogP contribution in [-0.2, 0) is 4.79 Å². The summed E-state index contributed by atoms with van der Waals surface area (Å²) in [5, 5.41) is 2.71. The zero-order valence-corrected chi connectivity index (χ0v) is 10.3. The molecule has 2 amide bonds. The predicted molar refractivity (Wildman–Crippen MR) is 64.3 cm³/mol. The Morgan fingerprint density at radius 2 is 2.39 bits per heavy atom. The molecule has 1 saturated heterocycles. The van der Waals surface area contributed by atoms with E-state index in [1.165, 1.54) is 13.3 Å². The van der Waals surface area contributed by atoms with Crippen LogP contribution >= 0.6 is 0 Å². The molecule has 0 aliphatic carbocycles. The zero-order valence-electron chi connectivity index (χ0n) is 10.3. The van der Waals surface area contributed by atoms with Gasteiger partial charge in [0.1, 0.15) is 6.04 Å². The SMILES string of the molecule is COc1cc(C(=O)NC2CCN(C)C2=O)ccn1. The summed E-state index contributed by atoms with van der Waals surface area (Å²) >= 11 is 0. The molecule has 1 aliphatic rings.